The van der Waals surface area contributed by atoms with Crippen molar-refractivity contribution in [1.82, 2.24) is 15.1 Å². The minimum absolute atomic E-state index is 0.00423. The van der Waals surface area contributed by atoms with Gasteiger partial charge in [-0.2, -0.15) is 0 Å². The van der Waals surface area contributed by atoms with E-state index in [-0.39, 0.29) is 29.7 Å². The number of likely N-dealkylation sites (N-methyl/N-ethyl adjacent to an activating group) is 1. The zero-order valence-electron chi connectivity index (χ0n) is 23.4. The molecule has 2 bridgehead atoms. The van der Waals surface area contributed by atoms with Gasteiger partial charge in [0.05, 0.1) is 17.1 Å². The second-order valence-corrected chi connectivity index (χ2v) is 11.6. The number of piperazine rings is 1. The fraction of sp³-hybridized carbons (Fsp3) is 0.333. The summed E-state index contributed by atoms with van der Waals surface area (Å²) >= 11 is 3.40. The Hall–Kier alpha value is -3.49. The molecule has 0 aliphatic carbocycles. The van der Waals surface area contributed by atoms with Crippen LogP contribution < -0.4 is 10.1 Å². The fourth-order valence-corrected chi connectivity index (χ4v) is 5.97. The number of carbonyl (C=O) groups is 2. The van der Waals surface area contributed by atoms with Gasteiger partial charge in [-0.25, -0.2) is 4.39 Å². The van der Waals surface area contributed by atoms with Gasteiger partial charge in [0.2, 0.25) is 5.91 Å². The second kappa shape index (κ2) is 13.0. The average molecular weight is 621 g/mol. The van der Waals surface area contributed by atoms with Gasteiger partial charge in [-0.1, -0.05) is 54.6 Å². The predicted molar refractivity (Wildman–Crippen MR) is 162 cm³/mol. The molecule has 2 atom stereocenters. The molecule has 2 aliphatic heterocycles. The predicted octanol–water partition coefficient (Wildman–Crippen LogP) is 5.26. The van der Waals surface area contributed by atoms with Gasteiger partial charge < -0.3 is 19.9 Å². The normalized spacial score (nSPS) is 18.3. The van der Waals surface area contributed by atoms with Gasteiger partial charge >= 0.3 is 0 Å². The van der Waals surface area contributed by atoms with Crippen LogP contribution in [-0.2, 0) is 22.4 Å². The summed E-state index contributed by atoms with van der Waals surface area (Å²) in [5.74, 6) is 0.170. The zero-order valence-corrected chi connectivity index (χ0v) is 25.0. The molecule has 2 heterocycles. The van der Waals surface area contributed by atoms with E-state index in [1.165, 1.54) is 17.7 Å². The summed E-state index contributed by atoms with van der Waals surface area (Å²) in [6.45, 7) is 3.72. The third-order valence-electron chi connectivity index (χ3n) is 7.85. The Morgan fingerprint density at radius 2 is 1.76 bits per heavy atom. The topological polar surface area (TPSA) is 61.9 Å². The van der Waals surface area contributed by atoms with Gasteiger partial charge in [-0.3, -0.25) is 9.59 Å². The van der Waals surface area contributed by atoms with E-state index >= 15 is 0 Å². The highest BCUT2D eigenvalue weighted by Crippen LogP contribution is 2.34. The fourth-order valence-electron chi connectivity index (χ4n) is 5.61. The molecular weight excluding hydrogens is 585 g/mol. The first kappa shape index (κ1) is 29.0. The minimum Gasteiger partial charge on any atom is -0.492 e. The summed E-state index contributed by atoms with van der Waals surface area (Å²) in [4.78, 5) is 29.9. The molecule has 0 saturated carbocycles. The van der Waals surface area contributed by atoms with Gasteiger partial charge in [-0.15, -0.1) is 0 Å². The highest BCUT2D eigenvalue weighted by atomic mass is 79.9. The molecule has 0 aromatic heterocycles. The number of halogens is 2. The lowest BCUT2D eigenvalue weighted by atomic mass is 9.82. The largest absolute Gasteiger partial charge is 0.492 e. The van der Waals surface area contributed by atoms with Gasteiger partial charge in [0.15, 0.2) is 0 Å². The van der Waals surface area contributed by atoms with E-state index in [1.54, 1.807) is 17.9 Å². The number of hydrogen-bond acceptors (Lipinski definition) is 4. The second-order valence-electron chi connectivity index (χ2n) is 10.8. The van der Waals surface area contributed by atoms with Crippen LogP contribution in [0.1, 0.15) is 30.0 Å². The van der Waals surface area contributed by atoms with Crippen molar-refractivity contribution in [3.05, 3.63) is 105 Å². The summed E-state index contributed by atoms with van der Waals surface area (Å²) < 4.78 is 20.1. The highest BCUT2D eigenvalue weighted by Gasteiger charge is 2.39. The minimum atomic E-state index is -0.338. The van der Waals surface area contributed by atoms with Crippen molar-refractivity contribution in [2.75, 3.05) is 33.3 Å². The molecule has 5 rings (SSSR count). The molecule has 1 N–H and O–H groups in total. The molecule has 1 unspecified atom stereocenters. The zero-order chi connectivity index (χ0) is 28.9. The van der Waals surface area contributed by atoms with Gasteiger partial charge in [0.25, 0.3) is 5.91 Å². The number of hydrogen-bond donors (Lipinski definition) is 1. The van der Waals surface area contributed by atoms with E-state index in [0.29, 0.717) is 49.3 Å². The van der Waals surface area contributed by atoms with Gasteiger partial charge in [0, 0.05) is 57.7 Å². The third-order valence-corrected chi connectivity index (χ3v) is 8.50. The van der Waals surface area contributed by atoms with Crippen LogP contribution in [-0.4, -0.2) is 67.0 Å². The van der Waals surface area contributed by atoms with Crippen LogP contribution in [0.2, 0.25) is 0 Å². The Balaban J connectivity index is 1.34. The van der Waals surface area contributed by atoms with E-state index in [0.717, 1.165) is 28.7 Å². The number of amides is 2. The first-order chi connectivity index (χ1) is 19.8. The third kappa shape index (κ3) is 7.05. The Kier molecular flexibility index (Phi) is 9.20. The monoisotopic (exact) mass is 619 g/mol. The molecule has 2 aliphatic rings. The van der Waals surface area contributed by atoms with E-state index in [9.17, 15) is 14.0 Å². The molecule has 3 aromatic rings. The van der Waals surface area contributed by atoms with Crippen LogP contribution >= 0.6 is 15.9 Å². The molecule has 0 spiro atoms. The maximum absolute atomic E-state index is 14.0. The number of nitrogens with zero attached hydrogens (tertiary/aromatic N) is 2. The summed E-state index contributed by atoms with van der Waals surface area (Å²) in [7, 11) is 1.85. The number of carbonyl (C=O) groups excluding carboxylic acids is 2. The highest BCUT2D eigenvalue weighted by molar-refractivity contribution is 9.10. The molecule has 8 heteroatoms. The molecule has 3 aromatic carbocycles. The van der Waals surface area contributed by atoms with Crippen LogP contribution in [0.4, 0.5) is 4.39 Å². The molecule has 1 saturated heterocycles. The number of ether oxygens (including phenoxy) is 1. The van der Waals surface area contributed by atoms with E-state index in [2.05, 4.69) is 57.6 Å². The lowest BCUT2D eigenvalue weighted by molar-refractivity contribution is -0.132. The van der Waals surface area contributed by atoms with Gasteiger partial charge in [0.1, 0.15) is 11.6 Å². The van der Waals surface area contributed by atoms with Crippen LogP contribution in [0.25, 0.3) is 5.57 Å². The lowest BCUT2D eigenvalue weighted by Gasteiger charge is -2.44. The summed E-state index contributed by atoms with van der Waals surface area (Å²) in [5, 5.41) is 3.61. The first-order valence-corrected chi connectivity index (χ1v) is 14.8. The summed E-state index contributed by atoms with van der Waals surface area (Å²) in [6.07, 6.45) is 2.11. The average Bonchev–Trinajstić information content (AvgIpc) is 2.97. The van der Waals surface area contributed by atoms with Crippen molar-refractivity contribution in [3.63, 3.8) is 0 Å². The Bertz CT molecular complexity index is 1430. The van der Waals surface area contributed by atoms with Crippen LogP contribution in [0.3, 0.4) is 0 Å². The van der Waals surface area contributed by atoms with Crippen molar-refractivity contribution < 1.29 is 18.7 Å². The van der Waals surface area contributed by atoms with E-state index in [1.807, 2.05) is 30.1 Å². The standard InChI is InChI=1S/C33H35BrFN3O3/c1-22(39)38-20-27-19-28(25-10-8-24(9-11-25)15-17-41-31-18-26(35)12-13-29(31)34)32(30(21-38)36-27)33(40)37(2)16-14-23-6-4-3-5-7-23/h3-13,18,27,30,36H,14-17,19-21H2,1-2H3/t27?,30-/m1/s1. The van der Waals surface area contributed by atoms with Crippen LogP contribution in [0.5, 0.6) is 5.75 Å². The first-order valence-electron chi connectivity index (χ1n) is 14.0. The molecule has 0 radical (unpaired) electrons. The quantitative estimate of drug-likeness (QED) is 0.355. The molecule has 214 valence electrons. The molecular formula is C33H35BrFN3O3. The molecule has 41 heavy (non-hydrogen) atoms. The summed E-state index contributed by atoms with van der Waals surface area (Å²) in [6, 6.07) is 22.7. The maximum Gasteiger partial charge on any atom is 0.251 e. The van der Waals surface area contributed by atoms with Crippen molar-refractivity contribution in [3.8, 4) is 5.75 Å². The summed E-state index contributed by atoms with van der Waals surface area (Å²) in [5.41, 5.74) is 5.09. The van der Waals surface area contributed by atoms with Gasteiger partial charge in [-0.05, 0) is 63.2 Å². The molecule has 6 nitrogen and oxygen atoms in total. The SMILES string of the molecule is CC(=O)N1CC2CC(c3ccc(CCOc4cc(F)ccc4Br)cc3)=C(C(=O)N(C)CCc3ccccc3)[C@@H](C1)N2. The van der Waals surface area contributed by atoms with Crippen LogP contribution in [0, 0.1) is 5.82 Å². The molecule has 1 fully saturated rings. The van der Waals surface area contributed by atoms with Crippen molar-refractivity contribution >= 4 is 33.3 Å². The van der Waals surface area contributed by atoms with Crippen molar-refractivity contribution in [2.45, 2.75) is 38.3 Å². The maximum atomic E-state index is 14.0. The number of rotatable bonds is 9. The van der Waals surface area contributed by atoms with Crippen molar-refractivity contribution in [1.29, 1.82) is 0 Å². The van der Waals surface area contributed by atoms with E-state index in [4.69, 9.17) is 4.74 Å². The number of fused-ring (bicyclic) bond motifs is 2. The smallest absolute Gasteiger partial charge is 0.251 e. The van der Waals surface area contributed by atoms with Crippen LogP contribution in [0.15, 0.2) is 82.8 Å². The lowest BCUT2D eigenvalue weighted by Crippen LogP contribution is -2.61. The Morgan fingerprint density at radius 3 is 2.49 bits per heavy atom. The van der Waals surface area contributed by atoms with Crippen molar-refractivity contribution in [2.24, 2.45) is 0 Å². The Morgan fingerprint density at radius 1 is 1.02 bits per heavy atom. The van der Waals surface area contributed by atoms with E-state index < -0.39 is 0 Å². The number of benzene rings is 3. The molecule has 2 amide bonds. The Labute approximate surface area is 249 Å². The number of nitrogens with one attached hydrogen (secondary N) is 1.